The minimum absolute atomic E-state index is 0.0181. The minimum Gasteiger partial charge on any atom is -0.478 e. The third kappa shape index (κ3) is 2.03. The highest BCUT2D eigenvalue weighted by molar-refractivity contribution is 6.04. The summed E-state index contributed by atoms with van der Waals surface area (Å²) >= 11 is 0. The Morgan fingerprint density at radius 1 is 1.15 bits per heavy atom. The van der Waals surface area contributed by atoms with Crippen LogP contribution in [0.3, 0.4) is 0 Å². The topological polar surface area (TPSA) is 88.3 Å². The Kier molecular flexibility index (Phi) is 2.94. The van der Waals surface area contributed by atoms with Gasteiger partial charge in [0.15, 0.2) is 5.82 Å². The van der Waals surface area contributed by atoms with Crippen LogP contribution in [0.4, 0.5) is 0 Å². The van der Waals surface area contributed by atoms with Gasteiger partial charge in [-0.05, 0) is 12.1 Å². The maximum absolute atomic E-state index is 12.5. The van der Waals surface area contributed by atoms with Gasteiger partial charge in [-0.2, -0.15) is 0 Å². The standard InChI is InChI=1S/C13H12N4O3/c18-12(9-3-1-2-4-10(9)13(19)20)16-5-6-17-8-14-15-11(17)7-16/h1-4,8H,5-7H2,(H,19,20). The summed E-state index contributed by atoms with van der Waals surface area (Å²) < 4.78 is 1.88. The van der Waals surface area contributed by atoms with Gasteiger partial charge in [-0.3, -0.25) is 4.79 Å². The summed E-state index contributed by atoms with van der Waals surface area (Å²) in [5.41, 5.74) is 0.220. The predicted molar refractivity (Wildman–Crippen MR) is 68.2 cm³/mol. The first-order valence-electron chi connectivity index (χ1n) is 6.15. The number of fused-ring (bicyclic) bond motifs is 1. The fourth-order valence-corrected chi connectivity index (χ4v) is 2.27. The van der Waals surface area contributed by atoms with Gasteiger partial charge in [-0.1, -0.05) is 12.1 Å². The van der Waals surface area contributed by atoms with Crippen molar-refractivity contribution in [3.8, 4) is 0 Å². The van der Waals surface area contributed by atoms with Gasteiger partial charge in [0.05, 0.1) is 17.7 Å². The summed E-state index contributed by atoms with van der Waals surface area (Å²) in [5, 5.41) is 16.9. The van der Waals surface area contributed by atoms with Gasteiger partial charge in [0.2, 0.25) is 0 Å². The lowest BCUT2D eigenvalue weighted by molar-refractivity contribution is 0.0660. The largest absolute Gasteiger partial charge is 0.478 e. The molecule has 0 radical (unpaired) electrons. The van der Waals surface area contributed by atoms with Crippen LogP contribution < -0.4 is 0 Å². The second-order valence-electron chi connectivity index (χ2n) is 4.52. The van der Waals surface area contributed by atoms with E-state index < -0.39 is 5.97 Å². The minimum atomic E-state index is -1.10. The van der Waals surface area contributed by atoms with E-state index >= 15 is 0 Å². The van der Waals surface area contributed by atoms with Crippen LogP contribution in [0.25, 0.3) is 0 Å². The van der Waals surface area contributed by atoms with Gasteiger partial charge in [0.25, 0.3) is 5.91 Å². The molecule has 1 amide bonds. The van der Waals surface area contributed by atoms with E-state index in [0.29, 0.717) is 25.5 Å². The van der Waals surface area contributed by atoms with Crippen molar-refractivity contribution >= 4 is 11.9 Å². The summed E-state index contributed by atoms with van der Waals surface area (Å²) in [4.78, 5) is 25.2. The lowest BCUT2D eigenvalue weighted by atomic mass is 10.1. The Balaban J connectivity index is 1.89. The smallest absolute Gasteiger partial charge is 0.336 e. The number of carbonyl (C=O) groups is 2. The lowest BCUT2D eigenvalue weighted by Crippen LogP contribution is -2.38. The number of carboxylic acid groups (broad SMARTS) is 1. The van der Waals surface area contributed by atoms with Crippen LogP contribution in [-0.2, 0) is 13.1 Å². The summed E-state index contributed by atoms with van der Waals surface area (Å²) in [5.74, 6) is -0.691. The van der Waals surface area contributed by atoms with Crippen molar-refractivity contribution in [2.24, 2.45) is 0 Å². The van der Waals surface area contributed by atoms with Crippen LogP contribution in [-0.4, -0.2) is 43.2 Å². The zero-order valence-corrected chi connectivity index (χ0v) is 10.6. The van der Waals surface area contributed by atoms with Crippen LogP contribution in [0.1, 0.15) is 26.5 Å². The van der Waals surface area contributed by atoms with E-state index in [1.807, 2.05) is 4.57 Å². The molecular weight excluding hydrogens is 260 g/mol. The van der Waals surface area contributed by atoms with Gasteiger partial charge < -0.3 is 14.6 Å². The van der Waals surface area contributed by atoms with E-state index in [1.54, 1.807) is 23.4 Å². The van der Waals surface area contributed by atoms with E-state index in [-0.39, 0.29) is 17.0 Å². The zero-order chi connectivity index (χ0) is 14.1. The molecule has 1 aliphatic rings. The van der Waals surface area contributed by atoms with Gasteiger partial charge in [-0.25, -0.2) is 4.79 Å². The number of aromatic nitrogens is 3. The quantitative estimate of drug-likeness (QED) is 0.866. The summed E-state index contributed by atoms with van der Waals surface area (Å²) in [6.07, 6.45) is 1.63. The molecule has 7 heteroatoms. The summed E-state index contributed by atoms with van der Waals surface area (Å²) in [6.45, 7) is 1.47. The lowest BCUT2D eigenvalue weighted by Gasteiger charge is -2.27. The highest BCUT2D eigenvalue weighted by atomic mass is 16.4. The van der Waals surface area contributed by atoms with Crippen molar-refractivity contribution in [1.29, 1.82) is 0 Å². The molecule has 1 N–H and O–H groups in total. The molecule has 0 bridgehead atoms. The van der Waals surface area contributed by atoms with Crippen molar-refractivity contribution in [2.45, 2.75) is 13.1 Å². The molecular formula is C13H12N4O3. The molecule has 0 spiro atoms. The molecule has 7 nitrogen and oxygen atoms in total. The third-order valence-corrected chi connectivity index (χ3v) is 3.31. The molecule has 0 fully saturated rings. The van der Waals surface area contributed by atoms with Crippen LogP contribution in [0, 0.1) is 0 Å². The number of benzene rings is 1. The van der Waals surface area contributed by atoms with Gasteiger partial charge in [-0.15, -0.1) is 10.2 Å². The first kappa shape index (κ1) is 12.3. The summed E-state index contributed by atoms with van der Waals surface area (Å²) in [7, 11) is 0. The van der Waals surface area contributed by atoms with Crippen LogP contribution in [0.5, 0.6) is 0 Å². The Bertz CT molecular complexity index is 680. The van der Waals surface area contributed by atoms with Crippen molar-refractivity contribution in [3.05, 3.63) is 47.5 Å². The maximum atomic E-state index is 12.5. The van der Waals surface area contributed by atoms with E-state index in [9.17, 15) is 9.59 Å². The molecule has 20 heavy (non-hydrogen) atoms. The van der Waals surface area contributed by atoms with Crippen molar-refractivity contribution in [3.63, 3.8) is 0 Å². The molecule has 0 unspecified atom stereocenters. The van der Waals surface area contributed by atoms with Gasteiger partial charge in [0.1, 0.15) is 6.33 Å². The molecule has 2 aromatic rings. The first-order valence-corrected chi connectivity index (χ1v) is 6.15. The highest BCUT2D eigenvalue weighted by Gasteiger charge is 2.25. The van der Waals surface area contributed by atoms with Crippen molar-refractivity contribution in [2.75, 3.05) is 6.54 Å². The molecule has 2 heterocycles. The SMILES string of the molecule is O=C(O)c1ccccc1C(=O)N1CCn2cnnc2C1. The number of carboxylic acids is 1. The fraction of sp³-hybridized carbons (Fsp3) is 0.231. The third-order valence-electron chi connectivity index (χ3n) is 3.31. The van der Waals surface area contributed by atoms with Crippen molar-refractivity contribution in [1.82, 2.24) is 19.7 Å². The Hall–Kier alpha value is -2.70. The zero-order valence-electron chi connectivity index (χ0n) is 10.6. The molecule has 1 aromatic carbocycles. The van der Waals surface area contributed by atoms with E-state index in [4.69, 9.17) is 5.11 Å². The second kappa shape index (κ2) is 4.76. The summed E-state index contributed by atoms with van der Waals surface area (Å²) in [6, 6.07) is 6.23. The average molecular weight is 272 g/mol. The average Bonchev–Trinajstić information content (AvgIpc) is 2.93. The Labute approximate surface area is 114 Å². The maximum Gasteiger partial charge on any atom is 0.336 e. The van der Waals surface area contributed by atoms with Crippen LogP contribution >= 0.6 is 0 Å². The van der Waals surface area contributed by atoms with Gasteiger partial charge in [0, 0.05) is 13.1 Å². The Morgan fingerprint density at radius 3 is 2.65 bits per heavy atom. The van der Waals surface area contributed by atoms with E-state index in [2.05, 4.69) is 10.2 Å². The normalized spacial score (nSPS) is 13.9. The fourth-order valence-electron chi connectivity index (χ4n) is 2.27. The number of hydrogen-bond acceptors (Lipinski definition) is 4. The molecule has 1 aliphatic heterocycles. The number of nitrogens with zero attached hydrogens (tertiary/aromatic N) is 4. The monoisotopic (exact) mass is 272 g/mol. The molecule has 0 aliphatic carbocycles. The van der Waals surface area contributed by atoms with Gasteiger partial charge >= 0.3 is 5.97 Å². The first-order chi connectivity index (χ1) is 9.66. The predicted octanol–water partition coefficient (Wildman–Crippen LogP) is 0.632. The molecule has 3 rings (SSSR count). The van der Waals surface area contributed by atoms with E-state index in [1.165, 1.54) is 12.1 Å². The second-order valence-corrected chi connectivity index (χ2v) is 4.52. The van der Waals surface area contributed by atoms with Crippen molar-refractivity contribution < 1.29 is 14.7 Å². The number of amides is 1. The molecule has 102 valence electrons. The van der Waals surface area contributed by atoms with Crippen LogP contribution in [0.15, 0.2) is 30.6 Å². The highest BCUT2D eigenvalue weighted by Crippen LogP contribution is 2.16. The number of hydrogen-bond donors (Lipinski definition) is 1. The van der Waals surface area contributed by atoms with Crippen LogP contribution in [0.2, 0.25) is 0 Å². The number of carbonyl (C=O) groups excluding carboxylic acids is 1. The van der Waals surface area contributed by atoms with E-state index in [0.717, 1.165) is 0 Å². The number of rotatable bonds is 2. The Morgan fingerprint density at radius 2 is 1.90 bits per heavy atom. The number of aromatic carboxylic acids is 1. The molecule has 0 atom stereocenters. The molecule has 0 saturated heterocycles. The molecule has 0 saturated carbocycles. The molecule has 1 aromatic heterocycles.